The summed E-state index contributed by atoms with van der Waals surface area (Å²) < 4.78 is 25.7. The highest BCUT2D eigenvalue weighted by atomic mass is 19.2. The fourth-order valence-corrected chi connectivity index (χ4v) is 1.59. The number of pyridine rings is 1. The number of carbonyl (C=O) groups is 1. The van der Waals surface area contributed by atoms with Crippen molar-refractivity contribution < 1.29 is 13.6 Å². The molecule has 0 aliphatic rings. The SMILES string of the molecule is O=C(CNCc1ccccn1)Nc1ccc(F)c(F)c1. The van der Waals surface area contributed by atoms with Crippen LogP contribution in [0.2, 0.25) is 0 Å². The van der Waals surface area contributed by atoms with Gasteiger partial charge in [0.15, 0.2) is 11.6 Å². The summed E-state index contributed by atoms with van der Waals surface area (Å²) in [6.45, 7) is 0.502. The van der Waals surface area contributed by atoms with Crippen molar-refractivity contribution in [2.24, 2.45) is 0 Å². The molecule has 104 valence electrons. The van der Waals surface area contributed by atoms with E-state index in [1.807, 2.05) is 12.1 Å². The number of benzene rings is 1. The number of amides is 1. The Morgan fingerprint density at radius 1 is 1.15 bits per heavy atom. The molecule has 0 bridgehead atoms. The highest BCUT2D eigenvalue weighted by Crippen LogP contribution is 2.12. The van der Waals surface area contributed by atoms with Crippen LogP contribution < -0.4 is 10.6 Å². The van der Waals surface area contributed by atoms with E-state index in [4.69, 9.17) is 0 Å². The van der Waals surface area contributed by atoms with E-state index in [9.17, 15) is 13.6 Å². The van der Waals surface area contributed by atoms with Crippen molar-refractivity contribution in [1.29, 1.82) is 0 Å². The van der Waals surface area contributed by atoms with E-state index in [0.717, 1.165) is 17.8 Å². The van der Waals surface area contributed by atoms with E-state index in [-0.39, 0.29) is 18.1 Å². The van der Waals surface area contributed by atoms with Crippen molar-refractivity contribution in [2.45, 2.75) is 6.54 Å². The van der Waals surface area contributed by atoms with Crippen LogP contribution in [0.25, 0.3) is 0 Å². The number of hydrogen-bond acceptors (Lipinski definition) is 3. The van der Waals surface area contributed by atoms with E-state index in [0.29, 0.717) is 6.54 Å². The zero-order valence-electron chi connectivity index (χ0n) is 10.6. The predicted octanol–water partition coefficient (Wildman–Crippen LogP) is 2.09. The summed E-state index contributed by atoms with van der Waals surface area (Å²) in [5.74, 6) is -2.28. The molecule has 1 amide bonds. The summed E-state index contributed by atoms with van der Waals surface area (Å²) in [5.41, 5.74) is 1.03. The Labute approximate surface area is 114 Å². The average Bonchev–Trinajstić information content (AvgIpc) is 2.44. The van der Waals surface area contributed by atoms with Gasteiger partial charge in [-0.25, -0.2) is 8.78 Å². The van der Waals surface area contributed by atoms with Crippen LogP contribution in [0.5, 0.6) is 0 Å². The molecule has 6 heteroatoms. The first-order valence-electron chi connectivity index (χ1n) is 6.00. The topological polar surface area (TPSA) is 54.0 Å². The molecule has 0 aliphatic carbocycles. The molecule has 20 heavy (non-hydrogen) atoms. The molecule has 0 unspecified atom stereocenters. The molecule has 0 saturated heterocycles. The second-order valence-electron chi connectivity index (χ2n) is 4.10. The number of halogens is 2. The van der Waals surface area contributed by atoms with E-state index < -0.39 is 11.6 Å². The smallest absolute Gasteiger partial charge is 0.238 e. The highest BCUT2D eigenvalue weighted by molar-refractivity contribution is 5.92. The van der Waals surface area contributed by atoms with Gasteiger partial charge in [-0.3, -0.25) is 9.78 Å². The fourth-order valence-electron chi connectivity index (χ4n) is 1.59. The molecule has 0 atom stereocenters. The first kappa shape index (κ1) is 14.1. The maximum atomic E-state index is 13.0. The molecule has 0 spiro atoms. The van der Waals surface area contributed by atoms with E-state index in [1.54, 1.807) is 12.3 Å². The number of carbonyl (C=O) groups excluding carboxylic acids is 1. The van der Waals surface area contributed by atoms with Gasteiger partial charge in [-0.05, 0) is 24.3 Å². The lowest BCUT2D eigenvalue weighted by Gasteiger charge is -2.07. The van der Waals surface area contributed by atoms with Crippen LogP contribution in [0.4, 0.5) is 14.5 Å². The Balaban J connectivity index is 1.79. The molecule has 2 aromatic rings. The minimum absolute atomic E-state index is 0.0512. The molecule has 1 heterocycles. The predicted molar refractivity (Wildman–Crippen MR) is 70.9 cm³/mol. The Morgan fingerprint density at radius 3 is 2.70 bits per heavy atom. The number of nitrogens with zero attached hydrogens (tertiary/aromatic N) is 1. The summed E-state index contributed by atoms with van der Waals surface area (Å²) in [4.78, 5) is 15.7. The first-order chi connectivity index (χ1) is 9.65. The van der Waals surface area contributed by atoms with Gasteiger partial charge in [0.05, 0.1) is 12.2 Å². The fraction of sp³-hybridized carbons (Fsp3) is 0.143. The van der Waals surface area contributed by atoms with Gasteiger partial charge in [0, 0.05) is 24.5 Å². The molecule has 1 aromatic heterocycles. The van der Waals surface area contributed by atoms with Crippen LogP contribution in [0.1, 0.15) is 5.69 Å². The van der Waals surface area contributed by atoms with Crippen LogP contribution in [-0.2, 0) is 11.3 Å². The molecule has 0 saturated carbocycles. The Morgan fingerprint density at radius 2 is 2.00 bits per heavy atom. The summed E-state index contributed by atoms with van der Waals surface area (Å²) in [6.07, 6.45) is 1.67. The van der Waals surface area contributed by atoms with E-state index >= 15 is 0 Å². The molecular formula is C14H13F2N3O. The Kier molecular flexibility index (Phi) is 4.73. The van der Waals surface area contributed by atoms with Crippen molar-refractivity contribution in [3.63, 3.8) is 0 Å². The molecule has 1 aromatic carbocycles. The Bertz CT molecular complexity index is 590. The third-order valence-corrected chi connectivity index (χ3v) is 2.52. The van der Waals surface area contributed by atoms with E-state index in [2.05, 4.69) is 15.6 Å². The molecular weight excluding hydrogens is 264 g/mol. The van der Waals surface area contributed by atoms with Crippen molar-refractivity contribution in [1.82, 2.24) is 10.3 Å². The molecule has 0 aliphatic heterocycles. The summed E-state index contributed by atoms with van der Waals surface area (Å²) in [7, 11) is 0. The second-order valence-corrected chi connectivity index (χ2v) is 4.10. The van der Waals surface area contributed by atoms with Gasteiger partial charge in [-0.15, -0.1) is 0 Å². The third kappa shape index (κ3) is 4.10. The van der Waals surface area contributed by atoms with Gasteiger partial charge in [0.1, 0.15) is 0 Å². The third-order valence-electron chi connectivity index (χ3n) is 2.52. The zero-order valence-corrected chi connectivity index (χ0v) is 10.6. The summed E-state index contributed by atoms with van der Waals surface area (Å²) in [6, 6.07) is 8.69. The van der Waals surface area contributed by atoms with Crippen LogP contribution in [0.3, 0.4) is 0 Å². The van der Waals surface area contributed by atoms with Crippen molar-refractivity contribution in [3.8, 4) is 0 Å². The van der Waals surface area contributed by atoms with Crippen LogP contribution in [0.15, 0.2) is 42.6 Å². The minimum Gasteiger partial charge on any atom is -0.325 e. The molecule has 4 nitrogen and oxygen atoms in total. The van der Waals surface area contributed by atoms with Gasteiger partial charge in [0.2, 0.25) is 5.91 Å². The number of anilines is 1. The lowest BCUT2D eigenvalue weighted by molar-refractivity contribution is -0.115. The molecule has 2 rings (SSSR count). The van der Waals surface area contributed by atoms with E-state index in [1.165, 1.54) is 6.07 Å². The van der Waals surface area contributed by atoms with Crippen molar-refractivity contribution in [3.05, 3.63) is 59.9 Å². The zero-order chi connectivity index (χ0) is 14.4. The number of aromatic nitrogens is 1. The number of hydrogen-bond donors (Lipinski definition) is 2. The van der Waals surface area contributed by atoms with Gasteiger partial charge in [-0.2, -0.15) is 0 Å². The van der Waals surface area contributed by atoms with Gasteiger partial charge < -0.3 is 10.6 Å². The van der Waals surface area contributed by atoms with Crippen molar-refractivity contribution >= 4 is 11.6 Å². The average molecular weight is 277 g/mol. The lowest BCUT2D eigenvalue weighted by atomic mass is 10.3. The number of rotatable bonds is 5. The standard InChI is InChI=1S/C14H13F2N3O/c15-12-5-4-10(7-13(12)16)19-14(20)9-17-8-11-3-1-2-6-18-11/h1-7,17H,8-9H2,(H,19,20). The van der Waals surface area contributed by atoms with Gasteiger partial charge >= 0.3 is 0 Å². The van der Waals surface area contributed by atoms with Crippen LogP contribution >= 0.6 is 0 Å². The lowest BCUT2D eigenvalue weighted by Crippen LogP contribution is -2.28. The highest BCUT2D eigenvalue weighted by Gasteiger charge is 2.06. The molecule has 0 radical (unpaired) electrons. The quantitative estimate of drug-likeness (QED) is 0.880. The summed E-state index contributed by atoms with van der Waals surface area (Å²) in [5, 5.41) is 5.37. The molecule has 2 N–H and O–H groups in total. The van der Waals surface area contributed by atoms with Gasteiger partial charge in [-0.1, -0.05) is 6.07 Å². The maximum Gasteiger partial charge on any atom is 0.238 e. The van der Waals surface area contributed by atoms with Gasteiger partial charge in [0.25, 0.3) is 0 Å². The first-order valence-corrected chi connectivity index (χ1v) is 6.00. The minimum atomic E-state index is -0.996. The van der Waals surface area contributed by atoms with Crippen LogP contribution in [0, 0.1) is 11.6 Å². The molecule has 0 fully saturated rings. The monoisotopic (exact) mass is 277 g/mol. The Hall–Kier alpha value is -2.34. The normalized spacial score (nSPS) is 10.3. The number of nitrogens with one attached hydrogen (secondary N) is 2. The maximum absolute atomic E-state index is 13.0. The largest absolute Gasteiger partial charge is 0.325 e. The second kappa shape index (κ2) is 6.72. The van der Waals surface area contributed by atoms with Crippen molar-refractivity contribution in [2.75, 3.05) is 11.9 Å². The summed E-state index contributed by atoms with van der Waals surface area (Å²) >= 11 is 0. The van der Waals surface area contributed by atoms with Crippen LogP contribution in [-0.4, -0.2) is 17.4 Å².